The maximum atomic E-state index is 10.9. The van der Waals surface area contributed by atoms with Gasteiger partial charge in [-0.05, 0) is 30.7 Å². The molecule has 0 radical (unpaired) electrons. The Hall–Kier alpha value is -1.53. The van der Waals surface area contributed by atoms with Gasteiger partial charge in [-0.15, -0.1) is 0 Å². The maximum absolute atomic E-state index is 10.9. The fourth-order valence-corrected chi connectivity index (χ4v) is 3.38. The monoisotopic (exact) mass is 491 g/mol. The van der Waals surface area contributed by atoms with Crippen LogP contribution in [-0.2, 0) is 19.6 Å². The van der Waals surface area contributed by atoms with Crippen LogP contribution in [0.15, 0.2) is 48.5 Å². The maximum Gasteiger partial charge on any atom is 1.00 e. The van der Waals surface area contributed by atoms with Gasteiger partial charge in [0.25, 0.3) is 10.1 Å². The fraction of sp³-hybridized carbons (Fsp3) is 0.455. The van der Waals surface area contributed by atoms with Gasteiger partial charge in [-0.1, -0.05) is 24.3 Å². The van der Waals surface area contributed by atoms with Gasteiger partial charge < -0.3 is 28.4 Å². The minimum Gasteiger partial charge on any atom is -0.487 e. The fourth-order valence-electron chi connectivity index (χ4n) is 2.90. The second-order valence-corrected chi connectivity index (χ2v) is 8.53. The number of hydrogen-bond acceptors (Lipinski definition) is 8. The smallest absolute Gasteiger partial charge is 0.487 e. The van der Waals surface area contributed by atoms with E-state index in [0.29, 0.717) is 49.4 Å². The number of rotatable bonds is 5. The number of para-hydroxylation sites is 4. The van der Waals surface area contributed by atoms with Crippen molar-refractivity contribution >= 4 is 10.1 Å². The van der Waals surface area contributed by atoms with Crippen LogP contribution in [0.5, 0.6) is 23.0 Å². The molecule has 0 atom stereocenters. The molecule has 1 N–H and O–H groups in total. The van der Waals surface area contributed by atoms with E-state index in [0.717, 1.165) is 0 Å². The molecule has 2 aromatic carbocycles. The summed E-state index contributed by atoms with van der Waals surface area (Å²) in [4.78, 5) is 0. The van der Waals surface area contributed by atoms with Crippen molar-refractivity contribution in [1.82, 2.24) is 0 Å². The summed E-state index contributed by atoms with van der Waals surface area (Å²) in [5, 5.41) is 0. The first-order valence-electron chi connectivity index (χ1n) is 10.3. The summed E-state index contributed by atoms with van der Waals surface area (Å²) in [6, 6.07) is 14.5. The Kier molecular flexibility index (Phi) is 12.3. The van der Waals surface area contributed by atoms with Crippen molar-refractivity contribution < 1.29 is 70.9 Å². The Morgan fingerprint density at radius 1 is 0.788 bits per heavy atom. The normalized spacial score (nSPS) is 15.9. The van der Waals surface area contributed by atoms with Gasteiger partial charge in [-0.2, -0.15) is 8.42 Å². The standard InChI is InChI=1S/C22H28O9S.Na/c23-32(24,25)15-5-10-27-18-16-30-21-8-3-1-6-19(21)28-13-11-26-12-14-29-20-7-2-4-9-22(20)31-17-18;/h1-4,6-9,18H,5,10-17H2,(H,23,24,25);/q;+1. The molecule has 11 heteroatoms. The Bertz CT molecular complexity index is 883. The summed E-state index contributed by atoms with van der Waals surface area (Å²) in [6.45, 7) is 1.91. The van der Waals surface area contributed by atoms with Gasteiger partial charge in [-0.25, -0.2) is 0 Å². The van der Waals surface area contributed by atoms with Crippen molar-refractivity contribution in [2.75, 3.05) is 52.0 Å². The van der Waals surface area contributed by atoms with Crippen LogP contribution in [0, 0.1) is 0 Å². The molecule has 0 amide bonds. The molecule has 0 aromatic heterocycles. The summed E-state index contributed by atoms with van der Waals surface area (Å²) < 4.78 is 65.5. The molecule has 0 fully saturated rings. The quantitative estimate of drug-likeness (QED) is 0.339. The zero-order valence-corrected chi connectivity index (χ0v) is 21.5. The average molecular weight is 492 g/mol. The molecule has 0 spiro atoms. The predicted octanol–water partition coefficient (Wildman–Crippen LogP) is -0.401. The van der Waals surface area contributed by atoms with Crippen molar-refractivity contribution in [3.63, 3.8) is 0 Å². The molecular weight excluding hydrogens is 463 g/mol. The van der Waals surface area contributed by atoms with Crippen molar-refractivity contribution in [1.29, 1.82) is 0 Å². The van der Waals surface area contributed by atoms with Gasteiger partial charge in [0.1, 0.15) is 32.5 Å². The summed E-state index contributed by atoms with van der Waals surface area (Å²) >= 11 is 0. The van der Waals surface area contributed by atoms with E-state index in [9.17, 15) is 8.42 Å². The number of hydrogen-bond donors (Lipinski definition) is 1. The molecule has 1 aliphatic heterocycles. The number of ether oxygens (including phenoxy) is 6. The number of fused-ring (bicyclic) bond motifs is 2. The van der Waals surface area contributed by atoms with Crippen LogP contribution in [0.2, 0.25) is 0 Å². The molecule has 0 unspecified atom stereocenters. The van der Waals surface area contributed by atoms with Crippen molar-refractivity contribution in [3.8, 4) is 23.0 Å². The molecule has 9 nitrogen and oxygen atoms in total. The third-order valence-electron chi connectivity index (χ3n) is 4.42. The third kappa shape index (κ3) is 10.5. The van der Waals surface area contributed by atoms with Crippen LogP contribution in [0.25, 0.3) is 0 Å². The van der Waals surface area contributed by atoms with Gasteiger partial charge in [0.2, 0.25) is 0 Å². The van der Waals surface area contributed by atoms with E-state index in [1.807, 2.05) is 24.3 Å². The first-order valence-corrected chi connectivity index (χ1v) is 12.0. The predicted molar refractivity (Wildman–Crippen MR) is 116 cm³/mol. The first kappa shape index (κ1) is 27.7. The molecule has 2 aromatic rings. The second-order valence-electron chi connectivity index (χ2n) is 6.96. The molecule has 1 aliphatic rings. The zero-order valence-electron chi connectivity index (χ0n) is 18.7. The van der Waals surface area contributed by atoms with Crippen LogP contribution in [0.3, 0.4) is 0 Å². The van der Waals surface area contributed by atoms with Gasteiger partial charge >= 0.3 is 29.6 Å². The van der Waals surface area contributed by atoms with Gasteiger partial charge in [0.15, 0.2) is 23.0 Å². The molecule has 0 bridgehead atoms. The molecule has 3 rings (SSSR count). The van der Waals surface area contributed by atoms with Gasteiger partial charge in [0, 0.05) is 6.61 Å². The molecule has 1 heterocycles. The van der Waals surface area contributed by atoms with Crippen LogP contribution in [0.1, 0.15) is 6.42 Å². The number of benzene rings is 2. The average Bonchev–Trinajstić information content (AvgIpc) is 2.77. The largest absolute Gasteiger partial charge is 1.00 e. The zero-order chi connectivity index (χ0) is 22.7. The summed E-state index contributed by atoms with van der Waals surface area (Å²) in [7, 11) is -4.04. The Labute approximate surface area is 216 Å². The van der Waals surface area contributed by atoms with E-state index >= 15 is 0 Å². The van der Waals surface area contributed by atoms with Crippen molar-refractivity contribution in [2.45, 2.75) is 12.5 Å². The summed E-state index contributed by atoms with van der Waals surface area (Å²) in [5.74, 6) is 1.88. The molecule has 0 saturated heterocycles. The molecular formula is C22H28NaO9S+. The van der Waals surface area contributed by atoms with E-state index in [1.165, 1.54) is 0 Å². The van der Waals surface area contributed by atoms with E-state index < -0.39 is 16.2 Å². The minimum atomic E-state index is -4.04. The van der Waals surface area contributed by atoms with Crippen LogP contribution in [0.4, 0.5) is 0 Å². The second kappa shape index (κ2) is 14.7. The van der Waals surface area contributed by atoms with Crippen molar-refractivity contribution in [3.05, 3.63) is 48.5 Å². The van der Waals surface area contributed by atoms with Crippen molar-refractivity contribution in [2.24, 2.45) is 0 Å². The Morgan fingerprint density at radius 2 is 1.24 bits per heavy atom. The SMILES string of the molecule is O=S(=O)(O)CCCOC1COc2ccccc2OCCOCCOc2ccccc2OC1.[Na+]. The Balaban J connectivity index is 0.00000385. The minimum absolute atomic E-state index is 0. The van der Waals surface area contributed by atoms with Gasteiger partial charge in [-0.3, -0.25) is 4.55 Å². The van der Waals surface area contributed by atoms with E-state index in [2.05, 4.69) is 0 Å². The summed E-state index contributed by atoms with van der Waals surface area (Å²) in [6.07, 6.45) is -0.358. The van der Waals surface area contributed by atoms with E-state index in [-0.39, 0.29) is 61.6 Å². The topological polar surface area (TPSA) is 110 Å². The molecule has 33 heavy (non-hydrogen) atoms. The molecule has 0 saturated carbocycles. The molecule has 0 aliphatic carbocycles. The van der Waals surface area contributed by atoms with Gasteiger partial charge in [0.05, 0.1) is 19.0 Å². The first-order chi connectivity index (χ1) is 15.5. The van der Waals surface area contributed by atoms with E-state index in [4.69, 9.17) is 33.0 Å². The van der Waals surface area contributed by atoms with Crippen LogP contribution >= 0.6 is 0 Å². The summed E-state index contributed by atoms with van der Waals surface area (Å²) in [5.41, 5.74) is 0. The molecule has 176 valence electrons. The van der Waals surface area contributed by atoms with E-state index in [1.54, 1.807) is 24.3 Å². The third-order valence-corrected chi connectivity index (χ3v) is 5.22. The Morgan fingerprint density at radius 3 is 1.70 bits per heavy atom. The van der Waals surface area contributed by atoms with Crippen LogP contribution in [-0.4, -0.2) is 71.1 Å². The van der Waals surface area contributed by atoms with Crippen LogP contribution < -0.4 is 48.5 Å².